The molecule has 0 bridgehead atoms. The molecule has 1 amide bonds. The number of carbonyl (C=O) groups excluding carboxylic acids is 1. The minimum absolute atomic E-state index is 0.0443. The molecule has 1 aromatic heterocycles. The first-order valence-electron chi connectivity index (χ1n) is 6.96. The lowest BCUT2D eigenvalue weighted by molar-refractivity contribution is 0.0929. The van der Waals surface area contributed by atoms with Gasteiger partial charge in [-0.2, -0.15) is 0 Å². The Morgan fingerprint density at radius 1 is 1.26 bits per heavy atom. The summed E-state index contributed by atoms with van der Waals surface area (Å²) in [5, 5.41) is 2.87. The van der Waals surface area contributed by atoms with Crippen LogP contribution in [0.4, 0.5) is 0 Å². The first-order valence-corrected chi connectivity index (χ1v) is 6.96. The van der Waals surface area contributed by atoms with Crippen LogP contribution in [-0.2, 0) is 12.8 Å². The maximum absolute atomic E-state index is 12.1. The minimum Gasteiger partial charge on any atom is -0.349 e. The number of aryl methyl sites for hydroxylation is 2. The quantitative estimate of drug-likeness (QED) is 0.857. The van der Waals surface area contributed by atoms with Crippen molar-refractivity contribution in [1.82, 2.24) is 10.3 Å². The van der Waals surface area contributed by atoms with Crippen molar-refractivity contribution in [2.75, 3.05) is 0 Å². The molecule has 4 heteroatoms. The van der Waals surface area contributed by atoms with Gasteiger partial charge in [0, 0.05) is 11.7 Å². The van der Waals surface area contributed by atoms with Crippen LogP contribution in [-0.4, -0.2) is 16.9 Å². The number of aromatic nitrogens is 1. The molecule has 4 nitrogen and oxygen atoms in total. The Morgan fingerprint density at radius 3 is 2.37 bits per heavy atom. The molecule has 0 spiro atoms. The molecule has 106 valence electrons. The first-order chi connectivity index (χ1) is 8.90. The van der Waals surface area contributed by atoms with E-state index < -0.39 is 0 Å². The number of amides is 1. The van der Waals surface area contributed by atoms with Crippen LogP contribution in [0.5, 0.6) is 0 Å². The summed E-state index contributed by atoms with van der Waals surface area (Å²) < 4.78 is 0. The summed E-state index contributed by atoms with van der Waals surface area (Å²) >= 11 is 0. The summed E-state index contributed by atoms with van der Waals surface area (Å²) in [4.78, 5) is 26.9. The minimum atomic E-state index is -0.303. The maximum Gasteiger partial charge on any atom is 0.261 e. The standard InChI is InChI=1S/C15H24N2O2/c1-6-11-8-12(15(19)17-13(11)7-2)14(18)16-10(5)9(3)4/h8-10H,6-7H2,1-5H3,(H,16,18)(H,17,19)/t10-/m0/s1. The molecule has 0 saturated carbocycles. The number of hydrogen-bond donors (Lipinski definition) is 2. The third kappa shape index (κ3) is 3.69. The van der Waals surface area contributed by atoms with Gasteiger partial charge in [-0.1, -0.05) is 27.7 Å². The number of carbonyl (C=O) groups is 1. The van der Waals surface area contributed by atoms with Crippen LogP contribution >= 0.6 is 0 Å². The fourth-order valence-electron chi connectivity index (χ4n) is 1.86. The maximum atomic E-state index is 12.1. The molecule has 0 fully saturated rings. The largest absolute Gasteiger partial charge is 0.349 e. The van der Waals surface area contributed by atoms with Crippen LogP contribution in [0.3, 0.4) is 0 Å². The summed E-state index contributed by atoms with van der Waals surface area (Å²) in [6.45, 7) is 10.0. The molecule has 2 N–H and O–H groups in total. The lowest BCUT2D eigenvalue weighted by Crippen LogP contribution is -2.39. The number of aromatic amines is 1. The van der Waals surface area contributed by atoms with Crippen LogP contribution in [0.2, 0.25) is 0 Å². The van der Waals surface area contributed by atoms with Crippen LogP contribution in [0.25, 0.3) is 0 Å². The summed E-state index contributed by atoms with van der Waals surface area (Å²) in [5.74, 6) is 0.0448. The van der Waals surface area contributed by atoms with Crippen molar-refractivity contribution in [3.63, 3.8) is 0 Å². The average molecular weight is 264 g/mol. The van der Waals surface area contributed by atoms with E-state index in [9.17, 15) is 9.59 Å². The summed E-state index contributed by atoms with van der Waals surface area (Å²) in [6, 6.07) is 1.77. The number of rotatable bonds is 5. The van der Waals surface area contributed by atoms with Crippen molar-refractivity contribution in [3.8, 4) is 0 Å². The van der Waals surface area contributed by atoms with Gasteiger partial charge in [-0.25, -0.2) is 0 Å². The molecule has 0 aliphatic carbocycles. The van der Waals surface area contributed by atoms with Gasteiger partial charge in [0.2, 0.25) is 0 Å². The smallest absolute Gasteiger partial charge is 0.261 e. The van der Waals surface area contributed by atoms with Gasteiger partial charge in [0.15, 0.2) is 0 Å². The van der Waals surface area contributed by atoms with Crippen molar-refractivity contribution in [1.29, 1.82) is 0 Å². The van der Waals surface area contributed by atoms with Crippen molar-refractivity contribution in [2.24, 2.45) is 5.92 Å². The third-order valence-corrected chi connectivity index (χ3v) is 3.55. The van der Waals surface area contributed by atoms with E-state index in [1.54, 1.807) is 6.07 Å². The van der Waals surface area contributed by atoms with E-state index in [2.05, 4.69) is 10.3 Å². The predicted octanol–water partition coefficient (Wildman–Crippen LogP) is 2.27. The molecule has 1 aromatic rings. The van der Waals surface area contributed by atoms with Gasteiger partial charge in [0.05, 0.1) is 0 Å². The monoisotopic (exact) mass is 264 g/mol. The van der Waals surface area contributed by atoms with Crippen molar-refractivity contribution < 1.29 is 4.79 Å². The van der Waals surface area contributed by atoms with Gasteiger partial charge in [0.25, 0.3) is 11.5 Å². The van der Waals surface area contributed by atoms with Gasteiger partial charge in [-0.3, -0.25) is 9.59 Å². The van der Waals surface area contributed by atoms with Crippen LogP contribution in [0, 0.1) is 5.92 Å². The fourth-order valence-corrected chi connectivity index (χ4v) is 1.86. The van der Waals surface area contributed by atoms with Crippen molar-refractivity contribution in [2.45, 2.75) is 53.5 Å². The summed E-state index contributed by atoms with van der Waals surface area (Å²) in [5.41, 5.74) is 1.86. The molecule has 0 unspecified atom stereocenters. The van der Waals surface area contributed by atoms with E-state index >= 15 is 0 Å². The summed E-state index contributed by atoms with van der Waals surface area (Å²) in [6.07, 6.45) is 1.57. The second-order valence-electron chi connectivity index (χ2n) is 5.23. The highest BCUT2D eigenvalue weighted by atomic mass is 16.2. The molecule has 1 atom stereocenters. The normalized spacial score (nSPS) is 12.5. The van der Waals surface area contributed by atoms with Gasteiger partial charge in [-0.05, 0) is 37.3 Å². The number of nitrogens with one attached hydrogen (secondary N) is 2. The molecule has 0 aliphatic rings. The number of H-pyrrole nitrogens is 1. The highest BCUT2D eigenvalue weighted by Gasteiger charge is 2.17. The van der Waals surface area contributed by atoms with E-state index in [0.29, 0.717) is 5.92 Å². The Kier molecular flexibility index (Phi) is 5.33. The second kappa shape index (κ2) is 6.55. The van der Waals surface area contributed by atoms with Crippen molar-refractivity contribution in [3.05, 3.63) is 33.2 Å². The predicted molar refractivity (Wildman–Crippen MR) is 77.6 cm³/mol. The fraction of sp³-hybridized carbons (Fsp3) is 0.600. The molecule has 1 heterocycles. The van der Waals surface area contributed by atoms with E-state index in [1.165, 1.54) is 0 Å². The average Bonchev–Trinajstić information content (AvgIpc) is 2.37. The molecular weight excluding hydrogens is 240 g/mol. The zero-order valence-corrected chi connectivity index (χ0v) is 12.5. The third-order valence-electron chi connectivity index (χ3n) is 3.55. The van der Waals surface area contributed by atoms with Gasteiger partial charge in [0.1, 0.15) is 5.56 Å². The van der Waals surface area contributed by atoms with Crippen molar-refractivity contribution >= 4 is 5.91 Å². The Balaban J connectivity index is 3.07. The van der Waals surface area contributed by atoms with E-state index in [4.69, 9.17) is 0 Å². The lowest BCUT2D eigenvalue weighted by atomic mass is 10.0. The molecule has 0 aliphatic heterocycles. The topological polar surface area (TPSA) is 62.0 Å². The van der Waals surface area contributed by atoms with Gasteiger partial charge < -0.3 is 10.3 Å². The SMILES string of the molecule is CCc1cc(C(=O)N[C@@H](C)C(C)C)c(=O)[nH]c1CC. The Bertz CT molecular complexity index is 503. The van der Waals surface area contributed by atoms with Crippen LogP contribution in [0.15, 0.2) is 10.9 Å². The Morgan fingerprint density at radius 2 is 1.89 bits per heavy atom. The van der Waals surface area contributed by atoms with E-state index in [1.807, 2.05) is 34.6 Å². The van der Waals surface area contributed by atoms with Crippen LogP contribution < -0.4 is 10.9 Å². The molecule has 0 saturated heterocycles. The molecule has 0 aromatic carbocycles. The molecule has 1 rings (SSSR count). The highest BCUT2D eigenvalue weighted by molar-refractivity contribution is 5.94. The lowest BCUT2D eigenvalue weighted by Gasteiger charge is -2.17. The molecular formula is C15H24N2O2. The second-order valence-corrected chi connectivity index (χ2v) is 5.23. The molecule has 19 heavy (non-hydrogen) atoms. The van der Waals surface area contributed by atoms with E-state index in [-0.39, 0.29) is 23.1 Å². The summed E-state index contributed by atoms with van der Waals surface area (Å²) in [7, 11) is 0. The van der Waals surface area contributed by atoms with Crippen LogP contribution in [0.1, 0.15) is 56.2 Å². The Labute approximate surface area is 114 Å². The molecule has 0 radical (unpaired) electrons. The Hall–Kier alpha value is -1.58. The number of pyridine rings is 1. The van der Waals surface area contributed by atoms with Gasteiger partial charge >= 0.3 is 0 Å². The first kappa shape index (κ1) is 15.5. The zero-order chi connectivity index (χ0) is 14.6. The zero-order valence-electron chi connectivity index (χ0n) is 12.5. The van der Waals surface area contributed by atoms with E-state index in [0.717, 1.165) is 24.1 Å². The van der Waals surface area contributed by atoms with Gasteiger partial charge in [-0.15, -0.1) is 0 Å². The highest BCUT2D eigenvalue weighted by Crippen LogP contribution is 2.08. The number of hydrogen-bond acceptors (Lipinski definition) is 2.